The monoisotopic (exact) mass is 329 g/mol. The Balaban J connectivity index is 1.57. The summed E-state index contributed by atoms with van der Waals surface area (Å²) >= 11 is 0. The van der Waals surface area contributed by atoms with Crippen LogP contribution in [-0.2, 0) is 12.8 Å². The van der Waals surface area contributed by atoms with Gasteiger partial charge in [0.2, 0.25) is 5.89 Å². The summed E-state index contributed by atoms with van der Waals surface area (Å²) in [6.45, 7) is 0. The third-order valence-electron chi connectivity index (χ3n) is 4.88. The smallest absolute Gasteiger partial charge is 0.375 e. The fraction of sp³-hybridized carbons (Fsp3) is 0.143. The molecular formula is C21H15NO3. The molecule has 0 saturated heterocycles. The average molecular weight is 329 g/mol. The molecule has 4 aromatic carbocycles. The molecule has 0 atom stereocenters. The quantitative estimate of drug-likeness (QED) is 0.448. The zero-order valence-electron chi connectivity index (χ0n) is 13.5. The lowest BCUT2D eigenvalue weighted by Gasteiger charge is -2.13. The number of benzene rings is 4. The van der Waals surface area contributed by atoms with Crippen molar-refractivity contribution >= 4 is 32.3 Å². The van der Waals surface area contributed by atoms with Gasteiger partial charge in [0, 0.05) is 6.42 Å². The number of rotatable bonds is 4. The van der Waals surface area contributed by atoms with Gasteiger partial charge in [0.15, 0.2) is 0 Å². The highest BCUT2D eigenvalue weighted by molar-refractivity contribution is 6.23. The van der Waals surface area contributed by atoms with Crippen LogP contribution in [0.5, 0.6) is 0 Å². The predicted molar refractivity (Wildman–Crippen MR) is 97.2 cm³/mol. The van der Waals surface area contributed by atoms with Crippen LogP contribution in [0.2, 0.25) is 0 Å². The van der Waals surface area contributed by atoms with Gasteiger partial charge in [-0.05, 0) is 55.9 Å². The summed E-state index contributed by atoms with van der Waals surface area (Å²) in [6.07, 6.45) is 2.33. The number of nitrogens with zero attached hydrogens (tertiary/aromatic N) is 1. The van der Waals surface area contributed by atoms with Gasteiger partial charge >= 0.3 is 5.82 Å². The molecule has 1 heterocycles. The van der Waals surface area contributed by atoms with Crippen LogP contribution < -0.4 is 5.82 Å². The van der Waals surface area contributed by atoms with E-state index in [9.17, 15) is 4.79 Å². The third kappa shape index (κ3) is 2.30. The van der Waals surface area contributed by atoms with Gasteiger partial charge in [0.25, 0.3) is 0 Å². The van der Waals surface area contributed by atoms with Crippen molar-refractivity contribution in [3.8, 4) is 0 Å². The van der Waals surface area contributed by atoms with Crippen LogP contribution in [0, 0.1) is 0 Å². The van der Waals surface area contributed by atoms with Gasteiger partial charge in [-0.1, -0.05) is 54.6 Å². The van der Waals surface area contributed by atoms with Crippen LogP contribution >= 0.6 is 0 Å². The minimum absolute atomic E-state index is 0.364. The maximum atomic E-state index is 10.9. The molecule has 0 aliphatic carbocycles. The van der Waals surface area contributed by atoms with Gasteiger partial charge in [0.05, 0.1) is 0 Å². The fourth-order valence-corrected chi connectivity index (χ4v) is 3.76. The molecule has 0 radical (unpaired) electrons. The summed E-state index contributed by atoms with van der Waals surface area (Å²) in [7, 11) is 0. The van der Waals surface area contributed by atoms with Gasteiger partial charge in [-0.2, -0.15) is 0 Å². The van der Waals surface area contributed by atoms with Crippen molar-refractivity contribution in [1.82, 2.24) is 5.16 Å². The third-order valence-corrected chi connectivity index (χ3v) is 4.88. The number of hydrogen-bond donors (Lipinski definition) is 0. The zero-order chi connectivity index (χ0) is 16.8. The van der Waals surface area contributed by atoms with E-state index in [1.807, 2.05) is 0 Å². The van der Waals surface area contributed by atoms with Crippen LogP contribution in [0.25, 0.3) is 32.3 Å². The summed E-state index contributed by atoms with van der Waals surface area (Å²) in [6, 6.07) is 19.6. The van der Waals surface area contributed by atoms with E-state index in [1.165, 1.54) is 37.9 Å². The highest BCUT2D eigenvalue weighted by Crippen LogP contribution is 2.36. The van der Waals surface area contributed by atoms with Gasteiger partial charge < -0.3 is 4.42 Å². The van der Waals surface area contributed by atoms with E-state index in [0.717, 1.165) is 12.8 Å². The number of hydrogen-bond acceptors (Lipinski definition) is 4. The van der Waals surface area contributed by atoms with Crippen molar-refractivity contribution in [3.63, 3.8) is 0 Å². The number of aromatic nitrogens is 1. The van der Waals surface area contributed by atoms with Crippen LogP contribution in [0.15, 0.2) is 68.3 Å². The topological polar surface area (TPSA) is 56.2 Å². The first-order valence-corrected chi connectivity index (χ1v) is 8.41. The summed E-state index contributed by atoms with van der Waals surface area (Å²) < 4.78 is 9.31. The highest BCUT2D eigenvalue weighted by Gasteiger charge is 2.11. The Morgan fingerprint density at radius 1 is 0.800 bits per heavy atom. The number of aryl methyl sites for hydroxylation is 2. The van der Waals surface area contributed by atoms with Crippen molar-refractivity contribution in [2.45, 2.75) is 19.3 Å². The second kappa shape index (κ2) is 5.45. The van der Waals surface area contributed by atoms with E-state index in [4.69, 9.17) is 4.42 Å². The Hall–Kier alpha value is -3.14. The first-order valence-electron chi connectivity index (χ1n) is 8.41. The molecule has 4 heteroatoms. The molecule has 0 spiro atoms. The van der Waals surface area contributed by atoms with E-state index in [0.29, 0.717) is 12.3 Å². The van der Waals surface area contributed by atoms with E-state index in [1.54, 1.807) is 0 Å². The average Bonchev–Trinajstić information content (AvgIpc) is 3.06. The van der Waals surface area contributed by atoms with Gasteiger partial charge in [-0.25, -0.2) is 4.79 Å². The Morgan fingerprint density at radius 2 is 1.52 bits per heavy atom. The summed E-state index contributed by atoms with van der Waals surface area (Å²) in [5.74, 6) is -0.375. The fourth-order valence-electron chi connectivity index (χ4n) is 3.76. The van der Waals surface area contributed by atoms with E-state index in [2.05, 4.69) is 64.3 Å². The molecule has 0 aliphatic rings. The van der Waals surface area contributed by atoms with Crippen molar-refractivity contribution in [3.05, 3.63) is 76.7 Å². The first kappa shape index (κ1) is 14.2. The van der Waals surface area contributed by atoms with Gasteiger partial charge in [0.1, 0.15) is 0 Å². The molecule has 122 valence electrons. The molecule has 1 aromatic heterocycles. The lowest BCUT2D eigenvalue weighted by Crippen LogP contribution is -1.94. The molecule has 25 heavy (non-hydrogen) atoms. The zero-order valence-corrected chi connectivity index (χ0v) is 13.5. The van der Waals surface area contributed by atoms with Crippen LogP contribution in [-0.4, -0.2) is 5.16 Å². The Labute approximate surface area is 143 Å². The highest BCUT2D eigenvalue weighted by atomic mass is 16.6. The van der Waals surface area contributed by atoms with Crippen LogP contribution in [0.1, 0.15) is 17.9 Å². The molecule has 0 amide bonds. The molecule has 4 nitrogen and oxygen atoms in total. The first-order chi connectivity index (χ1) is 12.3. The Kier molecular flexibility index (Phi) is 3.10. The molecule has 0 N–H and O–H groups in total. The maximum absolute atomic E-state index is 10.9. The molecule has 0 unspecified atom stereocenters. The van der Waals surface area contributed by atoms with Gasteiger partial charge in [-0.15, -0.1) is 0 Å². The van der Waals surface area contributed by atoms with E-state index in [-0.39, 0.29) is 0 Å². The van der Waals surface area contributed by atoms with E-state index < -0.39 is 5.82 Å². The Bertz CT molecular complexity index is 1230. The Morgan fingerprint density at radius 3 is 2.28 bits per heavy atom. The molecule has 0 aliphatic heterocycles. The maximum Gasteiger partial charge on any atom is 0.542 e. The van der Waals surface area contributed by atoms with Crippen molar-refractivity contribution < 1.29 is 8.94 Å². The lowest BCUT2D eigenvalue weighted by atomic mass is 9.90. The summed E-state index contributed by atoms with van der Waals surface area (Å²) in [5, 5.41) is 11.4. The van der Waals surface area contributed by atoms with Crippen LogP contribution in [0.4, 0.5) is 0 Å². The predicted octanol–water partition coefficient (Wildman–Crippen LogP) is 4.70. The minimum Gasteiger partial charge on any atom is -0.375 e. The summed E-state index contributed by atoms with van der Waals surface area (Å²) in [4.78, 5) is 10.9. The normalized spacial score (nSPS) is 11.8. The van der Waals surface area contributed by atoms with Gasteiger partial charge in [-0.3, -0.25) is 4.52 Å². The van der Waals surface area contributed by atoms with Crippen molar-refractivity contribution in [1.29, 1.82) is 0 Å². The molecule has 5 rings (SSSR count). The van der Waals surface area contributed by atoms with Crippen molar-refractivity contribution in [2.24, 2.45) is 0 Å². The van der Waals surface area contributed by atoms with Crippen LogP contribution in [0.3, 0.4) is 0 Å². The lowest BCUT2D eigenvalue weighted by molar-refractivity contribution is 0.334. The largest absolute Gasteiger partial charge is 0.542 e. The van der Waals surface area contributed by atoms with E-state index >= 15 is 0 Å². The molecule has 0 fully saturated rings. The summed E-state index contributed by atoms with van der Waals surface area (Å²) in [5.41, 5.74) is 1.30. The second-order valence-electron chi connectivity index (χ2n) is 6.36. The molecular weight excluding hydrogens is 314 g/mol. The molecule has 5 aromatic rings. The second-order valence-corrected chi connectivity index (χ2v) is 6.36. The van der Waals surface area contributed by atoms with Crippen molar-refractivity contribution in [2.75, 3.05) is 0 Å². The minimum atomic E-state index is -0.738. The molecule has 0 bridgehead atoms. The molecule has 0 saturated carbocycles. The standard InChI is InChI=1S/C21H15NO3/c23-21-24-18(22-25-21)6-2-3-13-7-8-16-10-9-14-4-1-5-15-11-12-17(13)20(16)19(14)15/h1,4-5,7-12H,2-3,6H2. The SMILES string of the molecule is O=c1onc(CCCc2ccc3ccc4cccc5ccc2c3c45)o1.